The molecule has 1 saturated carbocycles. The lowest BCUT2D eigenvalue weighted by Gasteiger charge is -2.43. The number of nitrogens with zero attached hydrogens (tertiary/aromatic N) is 2. The minimum Gasteiger partial charge on any atom is -0.493 e. The van der Waals surface area contributed by atoms with Crippen LogP contribution in [0.4, 0.5) is 0 Å². The minimum atomic E-state index is -0.685. The molecule has 1 saturated heterocycles. The third kappa shape index (κ3) is 5.00. The summed E-state index contributed by atoms with van der Waals surface area (Å²) in [5.74, 6) is 1.14. The molecule has 176 valence electrons. The maximum absolute atomic E-state index is 14.0. The van der Waals surface area contributed by atoms with Crippen LogP contribution in [-0.4, -0.2) is 48.4 Å². The zero-order valence-electron chi connectivity index (χ0n) is 19.9. The standard InChI is InChI=1S/C27H34N2O4/c1-19-10-12-20(13-11-19)17-29-25(30)18-28(22-8-6-4-5-7-9-22)27(31)26(29)21-14-15-23(32-2)24(16-21)33-3/h10-16,22,26H,4-9,17-18H2,1-3H3/t26-/m1/s1. The van der Waals surface area contributed by atoms with Gasteiger partial charge in [-0.1, -0.05) is 61.6 Å². The Kier molecular flexibility index (Phi) is 7.21. The van der Waals surface area contributed by atoms with E-state index in [0.717, 1.165) is 42.4 Å². The van der Waals surface area contributed by atoms with Crippen LogP contribution in [0.15, 0.2) is 42.5 Å². The zero-order valence-corrected chi connectivity index (χ0v) is 19.9. The summed E-state index contributed by atoms with van der Waals surface area (Å²) in [6.45, 7) is 2.58. The number of hydrogen-bond acceptors (Lipinski definition) is 4. The van der Waals surface area contributed by atoms with E-state index in [0.29, 0.717) is 18.0 Å². The Morgan fingerprint density at radius 1 is 0.879 bits per heavy atom. The number of benzene rings is 2. The Bertz CT molecular complexity index is 980. The second kappa shape index (κ2) is 10.3. The number of rotatable bonds is 6. The molecule has 2 aliphatic rings. The normalized spacial score (nSPS) is 20.0. The summed E-state index contributed by atoms with van der Waals surface area (Å²) < 4.78 is 10.9. The molecule has 1 heterocycles. The van der Waals surface area contributed by atoms with Gasteiger partial charge in [0.1, 0.15) is 12.6 Å². The monoisotopic (exact) mass is 450 g/mol. The molecule has 1 aliphatic carbocycles. The van der Waals surface area contributed by atoms with E-state index in [-0.39, 0.29) is 24.4 Å². The van der Waals surface area contributed by atoms with E-state index in [1.54, 1.807) is 25.2 Å². The van der Waals surface area contributed by atoms with Gasteiger partial charge >= 0.3 is 0 Å². The minimum absolute atomic E-state index is 0.000770. The van der Waals surface area contributed by atoms with Crippen molar-refractivity contribution in [2.75, 3.05) is 20.8 Å². The number of carbonyl (C=O) groups excluding carboxylic acids is 2. The maximum atomic E-state index is 14.0. The number of amides is 2. The van der Waals surface area contributed by atoms with Crippen LogP contribution in [0, 0.1) is 6.92 Å². The second-order valence-electron chi connectivity index (χ2n) is 9.14. The summed E-state index contributed by atoms with van der Waals surface area (Å²) in [7, 11) is 3.17. The number of carbonyl (C=O) groups is 2. The van der Waals surface area contributed by atoms with Crippen LogP contribution < -0.4 is 9.47 Å². The number of aryl methyl sites for hydroxylation is 1. The van der Waals surface area contributed by atoms with Crippen LogP contribution in [0.2, 0.25) is 0 Å². The molecule has 1 atom stereocenters. The Morgan fingerprint density at radius 2 is 1.55 bits per heavy atom. The smallest absolute Gasteiger partial charge is 0.250 e. The molecule has 6 nitrogen and oxygen atoms in total. The highest BCUT2D eigenvalue weighted by atomic mass is 16.5. The fraction of sp³-hybridized carbons (Fsp3) is 0.481. The van der Waals surface area contributed by atoms with Gasteiger partial charge in [-0.25, -0.2) is 0 Å². The van der Waals surface area contributed by atoms with Gasteiger partial charge in [0.05, 0.1) is 14.2 Å². The summed E-state index contributed by atoms with van der Waals surface area (Å²) in [5, 5.41) is 0. The SMILES string of the molecule is COc1ccc([C@@H]2C(=O)N(C3CCCCCC3)CC(=O)N2Cc2ccc(C)cc2)cc1OC. The van der Waals surface area contributed by atoms with Gasteiger partial charge in [0.2, 0.25) is 5.91 Å². The van der Waals surface area contributed by atoms with Crippen molar-refractivity contribution < 1.29 is 19.1 Å². The molecule has 2 amide bonds. The van der Waals surface area contributed by atoms with Crippen molar-refractivity contribution in [1.29, 1.82) is 0 Å². The predicted octanol–water partition coefficient (Wildman–Crippen LogP) is 4.65. The molecular formula is C27H34N2O4. The predicted molar refractivity (Wildman–Crippen MR) is 127 cm³/mol. The van der Waals surface area contributed by atoms with Crippen LogP contribution in [0.25, 0.3) is 0 Å². The Labute approximate surface area is 196 Å². The van der Waals surface area contributed by atoms with Gasteiger partial charge in [0.15, 0.2) is 11.5 Å². The third-order valence-corrected chi connectivity index (χ3v) is 6.92. The molecule has 0 unspecified atom stereocenters. The van der Waals surface area contributed by atoms with Crippen molar-refractivity contribution in [1.82, 2.24) is 9.80 Å². The van der Waals surface area contributed by atoms with Crippen molar-refractivity contribution in [3.8, 4) is 11.5 Å². The van der Waals surface area contributed by atoms with Crippen molar-refractivity contribution in [2.45, 2.75) is 64.1 Å². The lowest BCUT2D eigenvalue weighted by atomic mass is 9.96. The lowest BCUT2D eigenvalue weighted by Crippen LogP contribution is -2.57. The van der Waals surface area contributed by atoms with Gasteiger partial charge in [-0.15, -0.1) is 0 Å². The third-order valence-electron chi connectivity index (χ3n) is 6.92. The highest BCUT2D eigenvalue weighted by molar-refractivity contribution is 5.96. The van der Waals surface area contributed by atoms with E-state index >= 15 is 0 Å². The average Bonchev–Trinajstić information content (AvgIpc) is 3.12. The van der Waals surface area contributed by atoms with Gasteiger partial charge < -0.3 is 19.3 Å². The first-order valence-corrected chi connectivity index (χ1v) is 11.9. The van der Waals surface area contributed by atoms with Crippen LogP contribution in [0.3, 0.4) is 0 Å². The molecule has 33 heavy (non-hydrogen) atoms. The van der Waals surface area contributed by atoms with E-state index in [2.05, 4.69) is 0 Å². The molecule has 0 N–H and O–H groups in total. The van der Waals surface area contributed by atoms with E-state index in [1.807, 2.05) is 48.2 Å². The number of piperazine rings is 1. The number of methoxy groups -OCH3 is 2. The molecule has 6 heteroatoms. The van der Waals surface area contributed by atoms with Gasteiger partial charge in [0, 0.05) is 12.6 Å². The Balaban J connectivity index is 1.71. The first-order chi connectivity index (χ1) is 16.0. The van der Waals surface area contributed by atoms with E-state index in [1.165, 1.54) is 12.8 Å². The van der Waals surface area contributed by atoms with Crippen molar-refractivity contribution >= 4 is 11.8 Å². The van der Waals surface area contributed by atoms with Crippen LogP contribution in [0.5, 0.6) is 11.5 Å². The summed E-state index contributed by atoms with van der Waals surface area (Å²) in [5.41, 5.74) is 2.92. The Morgan fingerprint density at radius 3 is 2.18 bits per heavy atom. The molecule has 2 fully saturated rings. The van der Waals surface area contributed by atoms with Crippen molar-refractivity contribution in [2.24, 2.45) is 0 Å². The fourth-order valence-electron chi connectivity index (χ4n) is 5.04. The van der Waals surface area contributed by atoms with Gasteiger partial charge in [-0.05, 0) is 43.0 Å². The fourth-order valence-corrected chi connectivity index (χ4v) is 5.04. The van der Waals surface area contributed by atoms with Crippen molar-refractivity contribution in [3.05, 3.63) is 59.2 Å². The van der Waals surface area contributed by atoms with Gasteiger partial charge in [-0.2, -0.15) is 0 Å². The maximum Gasteiger partial charge on any atom is 0.250 e. The van der Waals surface area contributed by atoms with E-state index in [9.17, 15) is 9.59 Å². The first-order valence-electron chi connectivity index (χ1n) is 11.9. The molecule has 2 aromatic rings. The molecule has 4 rings (SSSR count). The summed E-state index contributed by atoms with van der Waals surface area (Å²) in [6.07, 6.45) is 6.55. The highest BCUT2D eigenvalue weighted by Gasteiger charge is 2.43. The quantitative estimate of drug-likeness (QED) is 0.601. The van der Waals surface area contributed by atoms with Crippen molar-refractivity contribution in [3.63, 3.8) is 0 Å². The number of hydrogen-bond donors (Lipinski definition) is 0. The summed E-state index contributed by atoms with van der Waals surface area (Å²) in [6, 6.07) is 13.1. The molecule has 0 aromatic heterocycles. The Hall–Kier alpha value is -3.02. The average molecular weight is 451 g/mol. The van der Waals surface area contributed by atoms with E-state index in [4.69, 9.17) is 9.47 Å². The van der Waals surface area contributed by atoms with E-state index < -0.39 is 6.04 Å². The van der Waals surface area contributed by atoms with Crippen LogP contribution >= 0.6 is 0 Å². The molecule has 0 spiro atoms. The van der Waals surface area contributed by atoms with Gasteiger partial charge in [0.25, 0.3) is 5.91 Å². The van der Waals surface area contributed by atoms with Crippen LogP contribution in [0.1, 0.15) is 61.3 Å². The first kappa shape index (κ1) is 23.1. The summed E-state index contributed by atoms with van der Waals surface area (Å²) >= 11 is 0. The molecular weight excluding hydrogens is 416 g/mol. The van der Waals surface area contributed by atoms with Gasteiger partial charge in [-0.3, -0.25) is 9.59 Å². The lowest BCUT2D eigenvalue weighted by molar-refractivity contribution is -0.159. The summed E-state index contributed by atoms with van der Waals surface area (Å²) in [4.78, 5) is 31.0. The molecule has 1 aliphatic heterocycles. The molecule has 0 radical (unpaired) electrons. The second-order valence-corrected chi connectivity index (χ2v) is 9.14. The topological polar surface area (TPSA) is 59.1 Å². The number of ether oxygens (including phenoxy) is 2. The molecule has 2 aromatic carbocycles. The van der Waals surface area contributed by atoms with Crippen LogP contribution in [-0.2, 0) is 16.1 Å². The molecule has 0 bridgehead atoms. The largest absolute Gasteiger partial charge is 0.493 e. The highest BCUT2D eigenvalue weighted by Crippen LogP contribution is 2.37. The zero-order chi connectivity index (χ0) is 23.4.